The van der Waals surface area contributed by atoms with Crippen LogP contribution in [-0.4, -0.2) is 16.9 Å². The van der Waals surface area contributed by atoms with Crippen LogP contribution in [0.4, 0.5) is 0 Å². The van der Waals surface area contributed by atoms with Crippen molar-refractivity contribution in [3.05, 3.63) is 0 Å². The van der Waals surface area contributed by atoms with Crippen LogP contribution in [0.3, 0.4) is 0 Å². The lowest BCUT2D eigenvalue weighted by Gasteiger charge is -2.40. The number of thiocarbonyl (C=S) groups is 1. The van der Waals surface area contributed by atoms with Gasteiger partial charge in [-0.3, -0.25) is 4.79 Å². The van der Waals surface area contributed by atoms with Crippen LogP contribution in [0.1, 0.15) is 52.4 Å². The molecule has 0 saturated heterocycles. The molecule has 0 bridgehead atoms. The number of hydrogen-bond acceptors (Lipinski definition) is 2. The number of nitrogens with one attached hydrogen (secondary N) is 1. The van der Waals surface area contributed by atoms with Crippen molar-refractivity contribution >= 4 is 23.1 Å². The summed E-state index contributed by atoms with van der Waals surface area (Å²) in [7, 11) is 0. The minimum atomic E-state index is -0.528. The SMILES string of the molecule is CCC1CCC(NC(=O)C2(C(N)=S)CCC2)C1C. The molecule has 0 aromatic rings. The van der Waals surface area contributed by atoms with Gasteiger partial charge >= 0.3 is 0 Å². The van der Waals surface area contributed by atoms with Gasteiger partial charge in [-0.1, -0.05) is 38.9 Å². The Morgan fingerprint density at radius 3 is 2.50 bits per heavy atom. The van der Waals surface area contributed by atoms with Crippen molar-refractivity contribution in [2.75, 3.05) is 0 Å². The van der Waals surface area contributed by atoms with E-state index in [9.17, 15) is 4.79 Å². The fourth-order valence-electron chi connectivity index (χ4n) is 3.45. The second kappa shape index (κ2) is 5.16. The van der Waals surface area contributed by atoms with Crippen LogP contribution in [0.25, 0.3) is 0 Å². The van der Waals surface area contributed by atoms with Crippen LogP contribution in [0.5, 0.6) is 0 Å². The second-order valence-electron chi connectivity index (χ2n) is 5.98. The first-order valence-electron chi connectivity index (χ1n) is 7.12. The van der Waals surface area contributed by atoms with Crippen LogP contribution in [0, 0.1) is 17.3 Å². The van der Waals surface area contributed by atoms with Gasteiger partial charge in [0.1, 0.15) is 0 Å². The smallest absolute Gasteiger partial charge is 0.233 e. The van der Waals surface area contributed by atoms with Gasteiger partial charge < -0.3 is 11.1 Å². The van der Waals surface area contributed by atoms with Gasteiger partial charge in [-0.2, -0.15) is 0 Å². The summed E-state index contributed by atoms with van der Waals surface area (Å²) in [6.07, 6.45) is 6.23. The summed E-state index contributed by atoms with van der Waals surface area (Å²) in [5.74, 6) is 1.40. The Morgan fingerprint density at radius 1 is 1.44 bits per heavy atom. The van der Waals surface area contributed by atoms with Gasteiger partial charge in [-0.15, -0.1) is 0 Å². The van der Waals surface area contributed by atoms with E-state index < -0.39 is 5.41 Å². The summed E-state index contributed by atoms with van der Waals surface area (Å²) in [5.41, 5.74) is 5.24. The first-order chi connectivity index (χ1) is 8.51. The molecule has 4 heteroatoms. The number of carbonyl (C=O) groups excluding carboxylic acids is 1. The highest BCUT2D eigenvalue weighted by molar-refractivity contribution is 7.80. The van der Waals surface area contributed by atoms with E-state index in [0.717, 1.165) is 31.6 Å². The third-order valence-electron chi connectivity index (χ3n) is 5.18. The molecule has 1 amide bonds. The van der Waals surface area contributed by atoms with Gasteiger partial charge in [-0.25, -0.2) is 0 Å². The maximum absolute atomic E-state index is 12.4. The molecule has 2 fully saturated rings. The molecule has 0 aromatic heterocycles. The lowest BCUT2D eigenvalue weighted by Crippen LogP contribution is -2.55. The fraction of sp³-hybridized carbons (Fsp3) is 0.857. The van der Waals surface area contributed by atoms with Gasteiger partial charge in [0.25, 0.3) is 0 Å². The number of nitrogens with two attached hydrogens (primary N) is 1. The molecule has 2 saturated carbocycles. The monoisotopic (exact) mass is 268 g/mol. The summed E-state index contributed by atoms with van der Waals surface area (Å²) in [6, 6.07) is 0.314. The topological polar surface area (TPSA) is 55.1 Å². The molecule has 3 N–H and O–H groups in total. The lowest BCUT2D eigenvalue weighted by molar-refractivity contribution is -0.131. The van der Waals surface area contributed by atoms with Gasteiger partial charge in [0.15, 0.2) is 0 Å². The van der Waals surface area contributed by atoms with Crippen molar-refractivity contribution < 1.29 is 4.79 Å². The Bertz CT molecular complexity index is 352. The number of rotatable bonds is 4. The molecule has 18 heavy (non-hydrogen) atoms. The molecule has 2 aliphatic carbocycles. The molecule has 0 aromatic carbocycles. The van der Waals surface area contributed by atoms with Crippen LogP contribution in [-0.2, 0) is 4.79 Å². The van der Waals surface area contributed by atoms with E-state index in [1.54, 1.807) is 0 Å². The van der Waals surface area contributed by atoms with Crippen LogP contribution in [0.15, 0.2) is 0 Å². The van der Waals surface area contributed by atoms with E-state index >= 15 is 0 Å². The van der Waals surface area contributed by atoms with Gasteiger partial charge in [0.05, 0.1) is 10.4 Å². The van der Waals surface area contributed by atoms with Gasteiger partial charge in [0.2, 0.25) is 5.91 Å². The van der Waals surface area contributed by atoms with E-state index in [2.05, 4.69) is 19.2 Å². The third kappa shape index (κ3) is 2.15. The molecule has 3 nitrogen and oxygen atoms in total. The standard InChI is InChI=1S/C14H24N2OS/c1-3-10-5-6-11(9(10)2)16-13(17)14(12(15)18)7-4-8-14/h9-11H,3-8H2,1-2H3,(H2,15,18)(H,16,17). The maximum Gasteiger partial charge on any atom is 0.233 e. The molecule has 0 heterocycles. The highest BCUT2D eigenvalue weighted by Crippen LogP contribution is 2.42. The van der Waals surface area contributed by atoms with E-state index in [-0.39, 0.29) is 5.91 Å². The maximum atomic E-state index is 12.4. The Labute approximate surface area is 115 Å². The van der Waals surface area contributed by atoms with Gasteiger partial charge in [0, 0.05) is 6.04 Å². The molecule has 2 rings (SSSR count). The number of hydrogen-bond donors (Lipinski definition) is 2. The predicted octanol–water partition coefficient (Wildman–Crippen LogP) is 2.38. The minimum Gasteiger partial charge on any atom is -0.392 e. The van der Waals surface area contributed by atoms with Crippen LogP contribution < -0.4 is 11.1 Å². The van der Waals surface area contributed by atoms with Crippen molar-refractivity contribution in [1.29, 1.82) is 0 Å². The zero-order valence-corrected chi connectivity index (χ0v) is 12.2. The van der Waals surface area contributed by atoms with E-state index in [1.165, 1.54) is 12.8 Å². The zero-order chi connectivity index (χ0) is 13.3. The van der Waals surface area contributed by atoms with Crippen molar-refractivity contribution in [3.8, 4) is 0 Å². The molecule has 2 aliphatic rings. The molecule has 3 atom stereocenters. The third-order valence-corrected chi connectivity index (χ3v) is 5.57. The fourth-order valence-corrected chi connectivity index (χ4v) is 3.75. The van der Waals surface area contributed by atoms with E-state index in [0.29, 0.717) is 16.9 Å². The highest BCUT2D eigenvalue weighted by Gasteiger charge is 2.48. The second-order valence-corrected chi connectivity index (χ2v) is 6.42. The number of carbonyl (C=O) groups is 1. The first-order valence-corrected chi connectivity index (χ1v) is 7.53. The van der Waals surface area contributed by atoms with Crippen LogP contribution >= 0.6 is 12.2 Å². The van der Waals surface area contributed by atoms with E-state index in [4.69, 9.17) is 18.0 Å². The Hall–Kier alpha value is -0.640. The van der Waals surface area contributed by atoms with Crippen molar-refractivity contribution in [2.45, 2.75) is 58.4 Å². The Balaban J connectivity index is 1.98. The van der Waals surface area contributed by atoms with Crippen molar-refractivity contribution in [2.24, 2.45) is 23.0 Å². The molecule has 102 valence electrons. The Morgan fingerprint density at radius 2 is 2.11 bits per heavy atom. The predicted molar refractivity (Wildman–Crippen MR) is 77.2 cm³/mol. The summed E-state index contributed by atoms with van der Waals surface area (Å²) in [5, 5.41) is 3.21. The quantitative estimate of drug-likeness (QED) is 0.770. The molecule has 3 unspecified atom stereocenters. The van der Waals surface area contributed by atoms with Crippen molar-refractivity contribution in [1.82, 2.24) is 5.32 Å². The summed E-state index contributed by atoms with van der Waals surface area (Å²) >= 11 is 5.09. The molecule has 0 radical (unpaired) electrons. The average molecular weight is 268 g/mol. The molecule has 0 spiro atoms. The number of amides is 1. The molecule has 0 aliphatic heterocycles. The van der Waals surface area contributed by atoms with E-state index in [1.807, 2.05) is 0 Å². The Kier molecular flexibility index (Phi) is 3.95. The summed E-state index contributed by atoms with van der Waals surface area (Å²) < 4.78 is 0. The highest BCUT2D eigenvalue weighted by atomic mass is 32.1. The molecular weight excluding hydrogens is 244 g/mol. The average Bonchev–Trinajstić information content (AvgIpc) is 2.57. The minimum absolute atomic E-state index is 0.0786. The molecular formula is C14H24N2OS. The normalized spacial score (nSPS) is 33.8. The summed E-state index contributed by atoms with van der Waals surface area (Å²) in [6.45, 7) is 4.48. The zero-order valence-electron chi connectivity index (χ0n) is 11.4. The lowest BCUT2D eigenvalue weighted by atomic mass is 9.68. The van der Waals surface area contributed by atoms with Crippen LogP contribution in [0.2, 0.25) is 0 Å². The van der Waals surface area contributed by atoms with Crippen molar-refractivity contribution in [3.63, 3.8) is 0 Å². The largest absolute Gasteiger partial charge is 0.392 e. The van der Waals surface area contributed by atoms with Gasteiger partial charge in [-0.05, 0) is 37.5 Å². The first kappa shape index (κ1) is 13.8. The summed E-state index contributed by atoms with van der Waals surface area (Å²) in [4.78, 5) is 12.8.